The fraction of sp³-hybridized carbons (Fsp3) is 1.00. The highest BCUT2D eigenvalue weighted by atomic mass is 127. The van der Waals surface area contributed by atoms with Crippen LogP contribution in [0.5, 0.6) is 0 Å². The van der Waals surface area contributed by atoms with Gasteiger partial charge in [-0.15, -0.1) is 0 Å². The molecule has 0 nitrogen and oxygen atoms in total. The maximum absolute atomic E-state index is 3.90. The van der Waals surface area contributed by atoms with Crippen LogP contribution in [0, 0.1) is 17.8 Å². The minimum Gasteiger partial charge on any atom is -0.0885 e. The van der Waals surface area contributed by atoms with Crippen molar-refractivity contribution < 1.29 is 0 Å². The van der Waals surface area contributed by atoms with Crippen molar-refractivity contribution in [3.05, 3.63) is 0 Å². The van der Waals surface area contributed by atoms with E-state index in [-0.39, 0.29) is 0 Å². The highest BCUT2D eigenvalue weighted by Gasteiger charge is 2.53. The van der Waals surface area contributed by atoms with Gasteiger partial charge in [-0.05, 0) is 49.9 Å². The Morgan fingerprint density at radius 3 is 2.17 bits per heavy atom. The first-order valence-corrected chi connectivity index (χ1v) is 6.99. The molecule has 0 spiro atoms. The molecule has 68 valence electrons. The Bertz CT molecular complexity index is 200. The number of halogens is 2. The van der Waals surface area contributed by atoms with Crippen LogP contribution < -0.4 is 0 Å². The third-order valence-electron chi connectivity index (χ3n) is 4.08. The lowest BCUT2D eigenvalue weighted by molar-refractivity contribution is 0.0553. The van der Waals surface area contributed by atoms with Gasteiger partial charge in [0.25, 0.3) is 0 Å². The maximum Gasteiger partial charge on any atom is 0.0231 e. The summed E-state index contributed by atoms with van der Waals surface area (Å²) in [5, 5.41) is 0. The molecule has 4 fully saturated rings. The van der Waals surface area contributed by atoms with Gasteiger partial charge in [-0.2, -0.15) is 0 Å². The fourth-order valence-corrected chi connectivity index (χ4v) is 6.42. The smallest absolute Gasteiger partial charge is 0.0231 e. The van der Waals surface area contributed by atoms with Crippen molar-refractivity contribution in [1.82, 2.24) is 0 Å². The van der Waals surface area contributed by atoms with Gasteiger partial charge in [0, 0.05) is 8.25 Å². The minimum atomic E-state index is 0.721. The van der Waals surface area contributed by atoms with Gasteiger partial charge in [-0.25, -0.2) is 0 Å². The molecule has 4 rings (SSSR count). The van der Waals surface area contributed by atoms with E-state index in [0.29, 0.717) is 0 Å². The summed E-state index contributed by atoms with van der Waals surface area (Å²) in [7, 11) is 0. The molecule has 0 N–H and O–H groups in total. The van der Waals surface area contributed by atoms with Crippen LogP contribution in [-0.4, -0.2) is 8.25 Å². The van der Waals surface area contributed by atoms with Crippen LogP contribution >= 0.6 is 38.5 Å². The van der Waals surface area contributed by atoms with Crippen LogP contribution in [0.1, 0.15) is 32.1 Å². The Morgan fingerprint density at radius 1 is 1.08 bits per heavy atom. The van der Waals surface area contributed by atoms with E-state index in [4.69, 9.17) is 0 Å². The van der Waals surface area contributed by atoms with Crippen molar-refractivity contribution in [3.8, 4) is 0 Å². The van der Waals surface area contributed by atoms with Crippen LogP contribution in [0.25, 0.3) is 0 Å². The molecule has 0 saturated heterocycles. The van der Waals surface area contributed by atoms with Crippen molar-refractivity contribution in [2.45, 2.75) is 40.4 Å². The molecule has 12 heavy (non-hydrogen) atoms. The van der Waals surface area contributed by atoms with Gasteiger partial charge in [0.2, 0.25) is 0 Å². The zero-order valence-corrected chi connectivity index (χ0v) is 10.8. The average molecular weight is 341 g/mol. The van der Waals surface area contributed by atoms with Crippen LogP contribution in [0.15, 0.2) is 0 Å². The third-order valence-corrected chi connectivity index (χ3v) is 6.90. The summed E-state index contributed by atoms with van der Waals surface area (Å²) in [6, 6.07) is 0. The molecule has 4 aliphatic rings. The maximum atomic E-state index is 3.90. The summed E-state index contributed by atoms with van der Waals surface area (Å²) in [6.45, 7) is 0. The molecule has 2 heteroatoms. The second-order valence-electron chi connectivity index (χ2n) is 5.07. The summed E-state index contributed by atoms with van der Waals surface area (Å²) in [4.78, 5) is 0.872. The second kappa shape index (κ2) is 2.62. The molecular formula is C10H14BrI. The largest absolute Gasteiger partial charge is 0.0885 e. The number of hydrogen-bond donors (Lipinski definition) is 0. The highest BCUT2D eigenvalue weighted by Crippen LogP contribution is 2.60. The molecular weight excluding hydrogens is 327 g/mol. The van der Waals surface area contributed by atoms with Gasteiger partial charge in [0.05, 0.1) is 0 Å². The molecule has 0 aromatic carbocycles. The molecule has 0 aromatic rings. The van der Waals surface area contributed by atoms with E-state index in [9.17, 15) is 0 Å². The monoisotopic (exact) mass is 340 g/mol. The topological polar surface area (TPSA) is 0 Å². The van der Waals surface area contributed by atoms with Crippen molar-refractivity contribution in [3.63, 3.8) is 0 Å². The first-order valence-electron chi connectivity index (χ1n) is 4.99. The Morgan fingerprint density at radius 2 is 1.67 bits per heavy atom. The lowest BCUT2D eigenvalue weighted by Gasteiger charge is -2.56. The number of rotatable bonds is 0. The van der Waals surface area contributed by atoms with E-state index in [1.165, 1.54) is 32.1 Å². The molecule has 4 aliphatic carbocycles. The van der Waals surface area contributed by atoms with Gasteiger partial charge in [0.1, 0.15) is 0 Å². The van der Waals surface area contributed by atoms with Gasteiger partial charge in [-0.1, -0.05) is 38.5 Å². The SMILES string of the molecule is BrC1[C@@H]2CC3C[C@H]1CC(I)(C3)C2. The van der Waals surface area contributed by atoms with Gasteiger partial charge >= 0.3 is 0 Å². The van der Waals surface area contributed by atoms with E-state index < -0.39 is 0 Å². The molecule has 5 atom stereocenters. The molecule has 0 radical (unpaired) electrons. The number of hydrogen-bond acceptors (Lipinski definition) is 0. The lowest BCUT2D eigenvalue weighted by Crippen LogP contribution is -2.52. The zero-order valence-electron chi connectivity index (χ0n) is 7.10. The normalized spacial score (nSPS) is 62.5. The number of alkyl halides is 2. The van der Waals surface area contributed by atoms with Crippen LogP contribution in [-0.2, 0) is 0 Å². The van der Waals surface area contributed by atoms with Crippen LogP contribution in [0.2, 0.25) is 0 Å². The van der Waals surface area contributed by atoms with Crippen molar-refractivity contribution >= 4 is 38.5 Å². The summed E-state index contributed by atoms with van der Waals surface area (Å²) >= 11 is 6.66. The Kier molecular flexibility index (Phi) is 1.86. The standard InChI is InChI=1S/C10H14BrI/c11-9-7-1-6-2-8(9)5-10(12,3-6)4-7/h6-9H,1-5H2/t6?,7-,8+,9?,10?. The summed E-state index contributed by atoms with van der Waals surface area (Å²) < 4.78 is 0.721. The molecule has 0 amide bonds. The first-order chi connectivity index (χ1) is 5.66. The molecule has 0 heterocycles. The minimum absolute atomic E-state index is 0.721. The van der Waals surface area contributed by atoms with Gasteiger partial charge in [-0.3, -0.25) is 0 Å². The van der Waals surface area contributed by atoms with E-state index >= 15 is 0 Å². The second-order valence-corrected chi connectivity index (χ2v) is 8.41. The Balaban J connectivity index is 1.95. The molecule has 4 bridgehead atoms. The van der Waals surface area contributed by atoms with Gasteiger partial charge < -0.3 is 0 Å². The Labute approximate surface area is 96.1 Å². The van der Waals surface area contributed by atoms with Crippen molar-refractivity contribution in [1.29, 1.82) is 0 Å². The van der Waals surface area contributed by atoms with E-state index in [1.54, 1.807) is 0 Å². The molecule has 3 unspecified atom stereocenters. The molecule has 4 saturated carbocycles. The first kappa shape index (κ1) is 8.51. The van der Waals surface area contributed by atoms with Crippen molar-refractivity contribution in [2.75, 3.05) is 0 Å². The van der Waals surface area contributed by atoms with E-state index in [1.807, 2.05) is 0 Å². The van der Waals surface area contributed by atoms with Crippen LogP contribution in [0.4, 0.5) is 0 Å². The Hall–Kier alpha value is 1.21. The highest BCUT2D eigenvalue weighted by molar-refractivity contribution is 14.1. The molecule has 0 aliphatic heterocycles. The summed E-state index contributed by atoms with van der Waals surface area (Å²) in [5.74, 6) is 3.13. The van der Waals surface area contributed by atoms with Crippen molar-refractivity contribution in [2.24, 2.45) is 17.8 Å². The summed E-state index contributed by atoms with van der Waals surface area (Å²) in [5.41, 5.74) is 0. The van der Waals surface area contributed by atoms with E-state index in [0.717, 1.165) is 26.0 Å². The van der Waals surface area contributed by atoms with Gasteiger partial charge in [0.15, 0.2) is 0 Å². The predicted molar refractivity (Wildman–Crippen MR) is 63.0 cm³/mol. The zero-order chi connectivity index (χ0) is 8.34. The predicted octanol–water partition coefficient (Wildman–Crippen LogP) is 3.76. The summed E-state index contributed by atoms with van der Waals surface area (Å²) in [6.07, 6.45) is 7.57. The fourth-order valence-electron chi connectivity index (χ4n) is 3.86. The third kappa shape index (κ3) is 1.13. The lowest BCUT2D eigenvalue weighted by atomic mass is 9.56. The quantitative estimate of drug-likeness (QED) is 0.465. The molecule has 0 aromatic heterocycles. The average Bonchev–Trinajstić information content (AvgIpc) is 1.96. The van der Waals surface area contributed by atoms with E-state index in [2.05, 4.69) is 38.5 Å². The van der Waals surface area contributed by atoms with Crippen LogP contribution in [0.3, 0.4) is 0 Å².